The summed E-state index contributed by atoms with van der Waals surface area (Å²) in [5.41, 5.74) is 3.35. The molecule has 0 atom stereocenters. The Bertz CT molecular complexity index is 796. The van der Waals surface area contributed by atoms with Crippen molar-refractivity contribution in [3.63, 3.8) is 0 Å². The third-order valence-electron chi connectivity index (χ3n) is 4.32. The Morgan fingerprint density at radius 3 is 2.59 bits per heavy atom. The van der Waals surface area contributed by atoms with Gasteiger partial charge in [0.15, 0.2) is 5.13 Å². The van der Waals surface area contributed by atoms with E-state index in [-0.39, 0.29) is 24.1 Å². The van der Waals surface area contributed by atoms with E-state index in [1.165, 1.54) is 28.7 Å². The van der Waals surface area contributed by atoms with E-state index < -0.39 is 0 Å². The van der Waals surface area contributed by atoms with E-state index in [1.54, 1.807) is 4.90 Å². The van der Waals surface area contributed by atoms with Crippen LogP contribution in [-0.4, -0.2) is 56.2 Å². The van der Waals surface area contributed by atoms with Crippen molar-refractivity contribution in [1.82, 2.24) is 9.88 Å². The SMILES string of the molecule is Cc1cc2nc(N(CCCN(C)C)C(=O)C3=COCCO3)sc2cc1C.Cl. The Morgan fingerprint density at radius 1 is 1.19 bits per heavy atom. The standard InChI is InChI=1S/C19H25N3O3S.ClH/c1-13-10-15-17(11-14(13)2)26-19(20-15)22(7-5-6-21(3)4)18(23)16-12-24-8-9-25-16;/h10-12H,5-9H2,1-4H3;1H. The van der Waals surface area contributed by atoms with Crippen LogP contribution in [0.25, 0.3) is 10.2 Å². The summed E-state index contributed by atoms with van der Waals surface area (Å²) in [7, 11) is 4.05. The molecule has 1 aliphatic heterocycles. The number of ether oxygens (including phenoxy) is 2. The van der Waals surface area contributed by atoms with E-state index in [1.807, 2.05) is 14.1 Å². The van der Waals surface area contributed by atoms with E-state index in [9.17, 15) is 4.79 Å². The first-order valence-corrected chi connectivity index (χ1v) is 9.56. The van der Waals surface area contributed by atoms with Crippen molar-refractivity contribution in [1.29, 1.82) is 0 Å². The number of nitrogens with zero attached hydrogens (tertiary/aromatic N) is 3. The maximum atomic E-state index is 13.0. The largest absolute Gasteiger partial charge is 0.494 e. The molecule has 0 saturated heterocycles. The molecule has 0 N–H and O–H groups in total. The van der Waals surface area contributed by atoms with Gasteiger partial charge in [-0.15, -0.1) is 12.4 Å². The van der Waals surface area contributed by atoms with Gasteiger partial charge in [-0.1, -0.05) is 11.3 Å². The molecule has 0 aliphatic carbocycles. The number of hydrogen-bond donors (Lipinski definition) is 0. The molecule has 1 aliphatic rings. The van der Waals surface area contributed by atoms with Gasteiger partial charge in [0.2, 0.25) is 5.76 Å². The van der Waals surface area contributed by atoms with Crippen LogP contribution in [0.5, 0.6) is 0 Å². The van der Waals surface area contributed by atoms with Crippen LogP contribution in [0.15, 0.2) is 24.2 Å². The molecule has 6 nitrogen and oxygen atoms in total. The molecule has 1 aromatic heterocycles. The Morgan fingerprint density at radius 2 is 1.93 bits per heavy atom. The smallest absolute Gasteiger partial charge is 0.298 e. The maximum Gasteiger partial charge on any atom is 0.298 e. The second-order valence-corrected chi connectivity index (χ2v) is 7.72. The number of carbonyl (C=O) groups is 1. The lowest BCUT2D eigenvalue weighted by molar-refractivity contribution is -0.119. The van der Waals surface area contributed by atoms with Crippen molar-refractivity contribution < 1.29 is 14.3 Å². The minimum atomic E-state index is -0.198. The third-order valence-corrected chi connectivity index (χ3v) is 5.36. The summed E-state index contributed by atoms with van der Waals surface area (Å²) in [6.45, 7) is 6.50. The number of anilines is 1. The summed E-state index contributed by atoms with van der Waals surface area (Å²) in [6, 6.07) is 4.21. The zero-order valence-corrected chi connectivity index (χ0v) is 17.8. The number of aromatic nitrogens is 1. The van der Waals surface area contributed by atoms with Crippen LogP contribution in [0.2, 0.25) is 0 Å². The Kier molecular flexibility index (Phi) is 7.47. The van der Waals surface area contributed by atoms with E-state index >= 15 is 0 Å². The molecular formula is C19H26ClN3O3S. The predicted octanol–water partition coefficient (Wildman–Crippen LogP) is 3.51. The third kappa shape index (κ3) is 5.12. The predicted molar refractivity (Wildman–Crippen MR) is 112 cm³/mol. The van der Waals surface area contributed by atoms with Gasteiger partial charge in [0.1, 0.15) is 19.5 Å². The highest BCUT2D eigenvalue weighted by atomic mass is 35.5. The van der Waals surface area contributed by atoms with E-state index in [4.69, 9.17) is 14.5 Å². The zero-order valence-electron chi connectivity index (χ0n) is 16.2. The van der Waals surface area contributed by atoms with Gasteiger partial charge < -0.3 is 14.4 Å². The summed E-state index contributed by atoms with van der Waals surface area (Å²) in [5.74, 6) is 0.0451. The number of aryl methyl sites for hydroxylation is 2. The molecule has 0 radical (unpaired) electrons. The zero-order chi connectivity index (χ0) is 18.7. The summed E-state index contributed by atoms with van der Waals surface area (Å²) < 4.78 is 11.8. The van der Waals surface area contributed by atoms with Crippen molar-refractivity contribution in [2.75, 3.05) is 45.3 Å². The van der Waals surface area contributed by atoms with Gasteiger partial charge in [-0.2, -0.15) is 0 Å². The molecule has 8 heteroatoms. The lowest BCUT2D eigenvalue weighted by atomic mass is 10.1. The normalized spacial score (nSPS) is 13.6. The van der Waals surface area contributed by atoms with Crippen molar-refractivity contribution in [3.05, 3.63) is 35.3 Å². The lowest BCUT2D eigenvalue weighted by Gasteiger charge is -2.23. The first kappa shape index (κ1) is 21.5. The number of hydrogen-bond acceptors (Lipinski definition) is 6. The van der Waals surface area contributed by atoms with Crippen LogP contribution in [-0.2, 0) is 14.3 Å². The number of carbonyl (C=O) groups excluding carboxylic acids is 1. The summed E-state index contributed by atoms with van der Waals surface area (Å²) in [5, 5.41) is 0.698. The van der Waals surface area contributed by atoms with Crippen molar-refractivity contribution in [3.8, 4) is 0 Å². The monoisotopic (exact) mass is 411 g/mol. The highest BCUT2D eigenvalue weighted by molar-refractivity contribution is 7.22. The molecule has 2 heterocycles. The molecule has 1 aromatic carbocycles. The van der Waals surface area contributed by atoms with Gasteiger partial charge in [-0.25, -0.2) is 4.98 Å². The fourth-order valence-electron chi connectivity index (χ4n) is 2.73. The van der Waals surface area contributed by atoms with Gasteiger partial charge in [-0.05, 0) is 64.2 Å². The Hall–Kier alpha value is -1.83. The highest BCUT2D eigenvalue weighted by Crippen LogP contribution is 2.31. The fourth-order valence-corrected chi connectivity index (χ4v) is 3.80. The molecule has 3 rings (SSSR count). The van der Waals surface area contributed by atoms with Gasteiger partial charge in [0, 0.05) is 6.54 Å². The molecular weight excluding hydrogens is 386 g/mol. The van der Waals surface area contributed by atoms with Gasteiger partial charge in [0.25, 0.3) is 5.91 Å². The number of benzene rings is 1. The molecule has 0 bridgehead atoms. The van der Waals surface area contributed by atoms with Gasteiger partial charge in [-0.3, -0.25) is 9.69 Å². The second-order valence-electron chi connectivity index (χ2n) is 6.72. The first-order chi connectivity index (χ1) is 12.5. The van der Waals surface area contributed by atoms with Crippen LogP contribution >= 0.6 is 23.7 Å². The van der Waals surface area contributed by atoms with Crippen LogP contribution in [0.1, 0.15) is 17.5 Å². The Labute approximate surface area is 170 Å². The quantitative estimate of drug-likeness (QED) is 0.728. The molecule has 148 valence electrons. The van der Waals surface area contributed by atoms with Crippen LogP contribution in [0.3, 0.4) is 0 Å². The topological polar surface area (TPSA) is 54.9 Å². The molecule has 0 unspecified atom stereocenters. The van der Waals surface area contributed by atoms with E-state index in [2.05, 4.69) is 30.9 Å². The minimum Gasteiger partial charge on any atom is -0.494 e. The molecule has 0 fully saturated rings. The molecule has 2 aromatic rings. The number of halogens is 1. The minimum absolute atomic E-state index is 0. The van der Waals surface area contributed by atoms with Crippen molar-refractivity contribution >= 4 is 45.0 Å². The average Bonchev–Trinajstić information content (AvgIpc) is 3.01. The molecule has 0 spiro atoms. The van der Waals surface area contributed by atoms with Crippen LogP contribution < -0.4 is 4.90 Å². The number of rotatable bonds is 6. The summed E-state index contributed by atoms with van der Waals surface area (Å²) >= 11 is 1.54. The first-order valence-electron chi connectivity index (χ1n) is 8.74. The molecule has 27 heavy (non-hydrogen) atoms. The van der Waals surface area contributed by atoms with E-state index in [0.717, 1.165) is 23.2 Å². The van der Waals surface area contributed by atoms with Gasteiger partial charge >= 0.3 is 0 Å². The summed E-state index contributed by atoms with van der Waals surface area (Å²) in [4.78, 5) is 21.5. The van der Waals surface area contributed by atoms with Crippen LogP contribution in [0.4, 0.5) is 5.13 Å². The molecule has 0 saturated carbocycles. The number of amides is 1. The maximum absolute atomic E-state index is 13.0. The lowest BCUT2D eigenvalue weighted by Crippen LogP contribution is -2.36. The van der Waals surface area contributed by atoms with Gasteiger partial charge in [0.05, 0.1) is 10.2 Å². The van der Waals surface area contributed by atoms with Crippen LogP contribution in [0, 0.1) is 13.8 Å². The fraction of sp³-hybridized carbons (Fsp3) is 0.474. The van der Waals surface area contributed by atoms with Crippen molar-refractivity contribution in [2.45, 2.75) is 20.3 Å². The average molecular weight is 412 g/mol. The highest BCUT2D eigenvalue weighted by Gasteiger charge is 2.26. The number of fused-ring (bicyclic) bond motifs is 1. The second kappa shape index (κ2) is 9.39. The summed E-state index contributed by atoms with van der Waals surface area (Å²) in [6.07, 6.45) is 2.26. The molecule has 1 amide bonds. The van der Waals surface area contributed by atoms with Crippen molar-refractivity contribution in [2.24, 2.45) is 0 Å². The Balaban J connectivity index is 0.00000261. The van der Waals surface area contributed by atoms with E-state index in [0.29, 0.717) is 24.9 Å². The number of thiazole rings is 1.